The van der Waals surface area contributed by atoms with E-state index in [0.717, 1.165) is 0 Å². The minimum atomic E-state index is 0.620. The maximum atomic E-state index is 3.74. The van der Waals surface area contributed by atoms with Crippen LogP contribution in [0.5, 0.6) is 0 Å². The summed E-state index contributed by atoms with van der Waals surface area (Å²) in [6.07, 6.45) is 47.2. The van der Waals surface area contributed by atoms with Crippen molar-refractivity contribution in [1.82, 2.24) is 4.98 Å². The number of imidazole rings is 1. The van der Waals surface area contributed by atoms with Gasteiger partial charge < -0.3 is 0 Å². The second kappa shape index (κ2) is 29.3. The number of hydrogen-bond donors (Lipinski definition) is 1. The first kappa shape index (κ1) is 38.2. The van der Waals surface area contributed by atoms with Gasteiger partial charge in [-0.05, 0) is 32.6 Å². The first-order chi connectivity index (χ1) is 20.2. The molecule has 0 fully saturated rings. The number of aromatic amines is 1. The van der Waals surface area contributed by atoms with Crippen LogP contribution in [0.3, 0.4) is 0 Å². The Morgan fingerprint density at radius 2 is 0.780 bits per heavy atom. The lowest BCUT2D eigenvalue weighted by atomic mass is 9.92. The molecule has 1 heterocycles. The molecule has 1 N–H and O–H groups in total. The number of hydrogen-bond acceptors (Lipinski definition) is 0. The molecule has 2 heteroatoms. The van der Waals surface area contributed by atoms with Gasteiger partial charge >= 0.3 is 0 Å². The summed E-state index contributed by atoms with van der Waals surface area (Å²) in [6, 6.07) is 0.620. The van der Waals surface area contributed by atoms with Gasteiger partial charge in [0, 0.05) is 0 Å². The highest BCUT2D eigenvalue weighted by atomic mass is 15.1. The van der Waals surface area contributed by atoms with Crippen LogP contribution in [0.2, 0.25) is 0 Å². The highest BCUT2D eigenvalue weighted by Crippen LogP contribution is 2.27. The van der Waals surface area contributed by atoms with Crippen LogP contribution < -0.4 is 4.57 Å². The Bertz CT molecular complexity index is 635. The fourth-order valence-corrected chi connectivity index (χ4v) is 6.78. The lowest BCUT2D eigenvalue weighted by molar-refractivity contribution is -0.727. The molecule has 2 unspecified atom stereocenters. The van der Waals surface area contributed by atoms with Crippen LogP contribution >= 0.6 is 0 Å². The molecule has 242 valence electrons. The van der Waals surface area contributed by atoms with E-state index in [4.69, 9.17) is 0 Å². The zero-order valence-electron chi connectivity index (χ0n) is 29.0. The van der Waals surface area contributed by atoms with Gasteiger partial charge in [0.15, 0.2) is 0 Å². The molecule has 0 aliphatic carbocycles. The highest BCUT2D eigenvalue weighted by Gasteiger charge is 2.25. The van der Waals surface area contributed by atoms with E-state index >= 15 is 0 Å². The highest BCUT2D eigenvalue weighted by molar-refractivity contribution is 4.90. The van der Waals surface area contributed by atoms with Crippen molar-refractivity contribution in [2.75, 3.05) is 0 Å². The van der Waals surface area contributed by atoms with E-state index in [1.165, 1.54) is 198 Å². The van der Waals surface area contributed by atoms with Crippen molar-refractivity contribution in [2.45, 2.75) is 232 Å². The third-order valence-electron chi connectivity index (χ3n) is 9.64. The lowest BCUT2D eigenvalue weighted by Gasteiger charge is -2.17. The Balaban J connectivity index is 2.41. The van der Waals surface area contributed by atoms with Crippen LogP contribution in [0.4, 0.5) is 0 Å². The van der Waals surface area contributed by atoms with Gasteiger partial charge in [-0.15, -0.1) is 0 Å². The van der Waals surface area contributed by atoms with Crippen molar-refractivity contribution < 1.29 is 4.57 Å². The van der Waals surface area contributed by atoms with E-state index < -0.39 is 0 Å². The van der Waals surface area contributed by atoms with Crippen molar-refractivity contribution in [3.05, 3.63) is 18.2 Å². The molecule has 0 saturated heterocycles. The van der Waals surface area contributed by atoms with E-state index in [9.17, 15) is 0 Å². The van der Waals surface area contributed by atoms with Gasteiger partial charge in [0.2, 0.25) is 0 Å². The summed E-state index contributed by atoms with van der Waals surface area (Å²) < 4.78 is 2.63. The fraction of sp³-hybridized carbons (Fsp3) is 0.923. The number of H-pyrrole nitrogens is 1. The van der Waals surface area contributed by atoms with Crippen LogP contribution in [0, 0.1) is 0 Å². The van der Waals surface area contributed by atoms with Crippen molar-refractivity contribution >= 4 is 0 Å². The Morgan fingerprint density at radius 3 is 1.15 bits per heavy atom. The van der Waals surface area contributed by atoms with Crippen molar-refractivity contribution in [2.24, 2.45) is 0 Å². The summed E-state index contributed by atoms with van der Waals surface area (Å²) in [5.74, 6) is 2.25. The third kappa shape index (κ3) is 21.5. The summed E-state index contributed by atoms with van der Waals surface area (Å²) in [5.41, 5.74) is 0. The van der Waals surface area contributed by atoms with Gasteiger partial charge in [0.05, 0.1) is 12.0 Å². The lowest BCUT2D eigenvalue weighted by Crippen LogP contribution is -2.41. The molecule has 1 rings (SSSR count). The quantitative estimate of drug-likeness (QED) is 0.0653. The summed E-state index contributed by atoms with van der Waals surface area (Å²) in [6.45, 7) is 9.40. The molecule has 1 aromatic heterocycles. The molecule has 0 aliphatic heterocycles. The molecule has 0 radical (unpaired) electrons. The standard InChI is InChI=1S/C39H76N2/c1-5-8-11-14-16-18-20-21-23-25-28-31-34-38(33-30-27-24-22-19-17-15-12-9-6-2)39-40-35-36-41(39)37(4)32-29-26-13-10-7-3/h35-38H,5-34H2,1-4H3/p+1. The molecule has 0 spiro atoms. The molecule has 2 nitrogen and oxygen atoms in total. The number of nitrogens with zero attached hydrogens (tertiary/aromatic N) is 1. The van der Waals surface area contributed by atoms with E-state index in [-0.39, 0.29) is 0 Å². The maximum Gasteiger partial charge on any atom is 0.257 e. The second-order valence-electron chi connectivity index (χ2n) is 13.6. The van der Waals surface area contributed by atoms with Crippen molar-refractivity contribution in [1.29, 1.82) is 0 Å². The van der Waals surface area contributed by atoms with E-state index in [0.29, 0.717) is 12.0 Å². The number of nitrogens with one attached hydrogen (secondary N) is 1. The molecule has 2 atom stereocenters. The minimum absolute atomic E-state index is 0.620. The van der Waals surface area contributed by atoms with Gasteiger partial charge in [-0.1, -0.05) is 188 Å². The summed E-state index contributed by atoms with van der Waals surface area (Å²) >= 11 is 0. The fourth-order valence-electron chi connectivity index (χ4n) is 6.78. The molecule has 1 aromatic rings. The first-order valence-corrected chi connectivity index (χ1v) is 19.3. The van der Waals surface area contributed by atoms with Gasteiger partial charge in [0.25, 0.3) is 5.82 Å². The smallest absolute Gasteiger partial charge is 0.247 e. The van der Waals surface area contributed by atoms with Gasteiger partial charge in [-0.2, -0.15) is 0 Å². The van der Waals surface area contributed by atoms with Crippen LogP contribution in [0.1, 0.15) is 238 Å². The molecular weight excluding hydrogens is 496 g/mol. The normalized spacial score (nSPS) is 13.2. The predicted molar refractivity (Wildman–Crippen MR) is 184 cm³/mol. The van der Waals surface area contributed by atoms with E-state index in [1.54, 1.807) is 0 Å². The molecule has 0 saturated carbocycles. The minimum Gasteiger partial charge on any atom is -0.247 e. The van der Waals surface area contributed by atoms with Crippen LogP contribution in [-0.4, -0.2) is 4.98 Å². The molecule has 41 heavy (non-hydrogen) atoms. The summed E-state index contributed by atoms with van der Waals surface area (Å²) in [4.78, 5) is 3.74. The average Bonchev–Trinajstić information content (AvgIpc) is 3.47. The Labute approximate surface area is 259 Å². The summed E-state index contributed by atoms with van der Waals surface area (Å²) in [5, 5.41) is 0. The van der Waals surface area contributed by atoms with Gasteiger partial charge in [-0.25, -0.2) is 9.55 Å². The first-order valence-electron chi connectivity index (χ1n) is 19.3. The van der Waals surface area contributed by atoms with Crippen molar-refractivity contribution in [3.8, 4) is 0 Å². The topological polar surface area (TPSA) is 19.7 Å². The van der Waals surface area contributed by atoms with Crippen LogP contribution in [0.15, 0.2) is 12.4 Å². The number of unbranched alkanes of at least 4 members (excludes halogenated alkanes) is 24. The predicted octanol–water partition coefficient (Wildman–Crippen LogP) is 13.7. The maximum absolute atomic E-state index is 3.74. The van der Waals surface area contributed by atoms with Gasteiger partial charge in [0.1, 0.15) is 12.4 Å². The molecule has 0 amide bonds. The van der Waals surface area contributed by atoms with Gasteiger partial charge in [-0.3, -0.25) is 0 Å². The molecule has 0 bridgehead atoms. The Hall–Kier alpha value is -0.790. The van der Waals surface area contributed by atoms with Crippen molar-refractivity contribution in [3.63, 3.8) is 0 Å². The Kier molecular flexibility index (Phi) is 27.3. The zero-order chi connectivity index (χ0) is 29.6. The van der Waals surface area contributed by atoms with Crippen LogP contribution in [0.25, 0.3) is 0 Å². The SMILES string of the molecule is CCCCCCCCCCCCCCC(CCCCCCCCCCCC)c1[nH]cc[n+]1C(C)CCCCCCC. The average molecular weight is 574 g/mol. The second-order valence-corrected chi connectivity index (χ2v) is 13.6. The third-order valence-corrected chi connectivity index (χ3v) is 9.64. The molecule has 0 aromatic carbocycles. The monoisotopic (exact) mass is 574 g/mol. The summed E-state index contributed by atoms with van der Waals surface area (Å²) in [7, 11) is 0. The van der Waals surface area contributed by atoms with E-state index in [2.05, 4.69) is 49.6 Å². The Morgan fingerprint density at radius 1 is 0.463 bits per heavy atom. The largest absolute Gasteiger partial charge is 0.257 e. The zero-order valence-corrected chi connectivity index (χ0v) is 29.0. The number of aromatic nitrogens is 2. The molecular formula is C39H77N2+. The van der Waals surface area contributed by atoms with E-state index in [1.807, 2.05) is 0 Å². The number of rotatable bonds is 32. The molecule has 0 aliphatic rings. The van der Waals surface area contributed by atoms with Crippen LogP contribution in [-0.2, 0) is 0 Å².